The summed E-state index contributed by atoms with van der Waals surface area (Å²) in [5, 5.41) is 15.1. The molecule has 19 heavy (non-hydrogen) atoms. The number of carbonyl (C=O) groups excluding carboxylic acids is 1. The van der Waals surface area contributed by atoms with E-state index in [1.54, 1.807) is 11.4 Å². The van der Waals surface area contributed by atoms with Crippen molar-refractivity contribution in [1.82, 2.24) is 5.32 Å². The molecule has 1 rings (SSSR count). The second-order valence-corrected chi connectivity index (χ2v) is 3.45. The second kappa shape index (κ2) is 5.94. The standard InChI is InChI=1S/C10H11F3N4O2/c11-10(12,13)5-15-9(18)16-7-4-2-1-3-6(7)8(14)17-19/h1-4,19H,5H2,(H2,14,17)(H2,15,16,18). The van der Waals surface area contributed by atoms with Crippen molar-refractivity contribution in [3.05, 3.63) is 29.8 Å². The normalized spacial score (nSPS) is 12.1. The zero-order valence-corrected chi connectivity index (χ0v) is 9.53. The highest BCUT2D eigenvalue weighted by Crippen LogP contribution is 2.15. The van der Waals surface area contributed by atoms with Gasteiger partial charge in [-0.3, -0.25) is 0 Å². The van der Waals surface area contributed by atoms with E-state index in [0.29, 0.717) is 0 Å². The van der Waals surface area contributed by atoms with E-state index in [1.165, 1.54) is 18.2 Å². The predicted molar refractivity (Wildman–Crippen MR) is 62.0 cm³/mol. The summed E-state index contributed by atoms with van der Waals surface area (Å²) in [7, 11) is 0. The van der Waals surface area contributed by atoms with Gasteiger partial charge in [0.2, 0.25) is 0 Å². The Hall–Kier alpha value is -2.45. The number of rotatable bonds is 3. The molecule has 0 spiro atoms. The van der Waals surface area contributed by atoms with Gasteiger partial charge in [0.25, 0.3) is 0 Å². The van der Waals surface area contributed by atoms with Gasteiger partial charge in [0.15, 0.2) is 5.84 Å². The summed E-state index contributed by atoms with van der Waals surface area (Å²) in [4.78, 5) is 11.3. The minimum atomic E-state index is -4.50. The highest BCUT2D eigenvalue weighted by Gasteiger charge is 2.27. The van der Waals surface area contributed by atoms with Crippen LogP contribution in [0.1, 0.15) is 5.56 Å². The van der Waals surface area contributed by atoms with Gasteiger partial charge in [-0.25, -0.2) is 4.79 Å². The number of amides is 2. The Labute approximate surface area is 106 Å². The summed E-state index contributed by atoms with van der Waals surface area (Å²) < 4.78 is 35.7. The maximum atomic E-state index is 11.9. The van der Waals surface area contributed by atoms with Crippen molar-refractivity contribution in [2.45, 2.75) is 6.18 Å². The Morgan fingerprint density at radius 3 is 2.58 bits per heavy atom. The molecule has 1 aromatic rings. The van der Waals surface area contributed by atoms with Crippen molar-refractivity contribution in [3.63, 3.8) is 0 Å². The number of amidine groups is 1. The van der Waals surface area contributed by atoms with Gasteiger partial charge in [-0.15, -0.1) is 0 Å². The Bertz CT molecular complexity index is 488. The molecule has 0 aliphatic rings. The number of benzene rings is 1. The molecule has 0 fully saturated rings. The van der Waals surface area contributed by atoms with Gasteiger partial charge < -0.3 is 21.6 Å². The first-order valence-corrected chi connectivity index (χ1v) is 5.02. The molecule has 0 bridgehead atoms. The minimum Gasteiger partial charge on any atom is -0.409 e. The van der Waals surface area contributed by atoms with Crippen molar-refractivity contribution in [2.24, 2.45) is 10.9 Å². The van der Waals surface area contributed by atoms with E-state index in [4.69, 9.17) is 10.9 Å². The fourth-order valence-corrected chi connectivity index (χ4v) is 1.22. The molecule has 0 heterocycles. The number of urea groups is 1. The lowest BCUT2D eigenvalue weighted by Crippen LogP contribution is -2.37. The van der Waals surface area contributed by atoms with E-state index in [9.17, 15) is 18.0 Å². The minimum absolute atomic E-state index is 0.123. The molecular weight excluding hydrogens is 265 g/mol. The van der Waals surface area contributed by atoms with Crippen molar-refractivity contribution in [1.29, 1.82) is 0 Å². The Morgan fingerprint density at radius 1 is 1.37 bits per heavy atom. The third-order valence-electron chi connectivity index (χ3n) is 2.01. The second-order valence-electron chi connectivity index (χ2n) is 3.45. The lowest BCUT2D eigenvalue weighted by Gasteiger charge is -2.12. The van der Waals surface area contributed by atoms with Crippen molar-refractivity contribution < 1.29 is 23.2 Å². The molecule has 1 aromatic carbocycles. The molecule has 6 nitrogen and oxygen atoms in total. The molecule has 0 aliphatic carbocycles. The highest BCUT2D eigenvalue weighted by molar-refractivity contribution is 6.05. The average molecular weight is 276 g/mol. The summed E-state index contributed by atoms with van der Waals surface area (Å²) in [6.45, 7) is -1.45. The van der Waals surface area contributed by atoms with Gasteiger partial charge in [0.05, 0.1) is 5.69 Å². The van der Waals surface area contributed by atoms with Crippen molar-refractivity contribution in [3.8, 4) is 0 Å². The molecule has 0 saturated carbocycles. The van der Waals surface area contributed by atoms with Crippen LogP contribution in [0, 0.1) is 0 Å². The van der Waals surface area contributed by atoms with Crippen LogP contribution < -0.4 is 16.4 Å². The number of nitrogens with zero attached hydrogens (tertiary/aromatic N) is 1. The van der Waals surface area contributed by atoms with Crippen LogP contribution in [-0.4, -0.2) is 29.8 Å². The van der Waals surface area contributed by atoms with Crippen LogP contribution in [0.25, 0.3) is 0 Å². The Balaban J connectivity index is 2.75. The first kappa shape index (κ1) is 14.6. The summed E-state index contributed by atoms with van der Waals surface area (Å²) in [6, 6.07) is 4.89. The maximum Gasteiger partial charge on any atom is 0.405 e. The monoisotopic (exact) mass is 276 g/mol. The summed E-state index contributed by atoms with van der Waals surface area (Å²) in [5.74, 6) is -0.272. The van der Waals surface area contributed by atoms with E-state index in [2.05, 4.69) is 10.5 Å². The number of para-hydroxylation sites is 1. The number of anilines is 1. The molecule has 9 heteroatoms. The van der Waals surface area contributed by atoms with Crippen LogP contribution in [-0.2, 0) is 0 Å². The molecule has 0 unspecified atom stereocenters. The fourth-order valence-electron chi connectivity index (χ4n) is 1.22. The van der Waals surface area contributed by atoms with Gasteiger partial charge in [-0.1, -0.05) is 17.3 Å². The topological polar surface area (TPSA) is 99.7 Å². The fraction of sp³-hybridized carbons (Fsp3) is 0.200. The van der Waals surface area contributed by atoms with Gasteiger partial charge in [0.1, 0.15) is 6.54 Å². The van der Waals surface area contributed by atoms with Crippen LogP contribution in [0.5, 0.6) is 0 Å². The smallest absolute Gasteiger partial charge is 0.405 e. The van der Waals surface area contributed by atoms with Gasteiger partial charge in [-0.2, -0.15) is 13.2 Å². The number of nitrogens with one attached hydrogen (secondary N) is 2. The van der Waals surface area contributed by atoms with Gasteiger partial charge in [-0.05, 0) is 12.1 Å². The van der Waals surface area contributed by atoms with Gasteiger partial charge in [0, 0.05) is 5.56 Å². The molecule has 5 N–H and O–H groups in total. The summed E-state index contributed by atoms with van der Waals surface area (Å²) in [6.07, 6.45) is -4.50. The molecule has 0 aromatic heterocycles. The lowest BCUT2D eigenvalue weighted by atomic mass is 10.1. The van der Waals surface area contributed by atoms with Gasteiger partial charge >= 0.3 is 12.2 Å². The average Bonchev–Trinajstić information content (AvgIpc) is 2.35. The number of hydrogen-bond acceptors (Lipinski definition) is 3. The Kier molecular flexibility index (Phi) is 4.56. The molecule has 0 atom stereocenters. The van der Waals surface area contributed by atoms with E-state index in [1.807, 2.05) is 0 Å². The summed E-state index contributed by atoms with van der Waals surface area (Å²) in [5.41, 5.74) is 5.67. The van der Waals surface area contributed by atoms with Crippen LogP contribution in [0.3, 0.4) is 0 Å². The zero-order chi connectivity index (χ0) is 14.5. The maximum absolute atomic E-state index is 11.9. The zero-order valence-electron chi connectivity index (χ0n) is 9.53. The third kappa shape index (κ3) is 4.74. The number of halogens is 3. The molecule has 104 valence electrons. The number of alkyl halides is 3. The molecular formula is C10H11F3N4O2. The van der Waals surface area contributed by atoms with Crippen LogP contribution in [0.2, 0.25) is 0 Å². The molecule has 0 radical (unpaired) electrons. The lowest BCUT2D eigenvalue weighted by molar-refractivity contribution is -0.122. The van der Waals surface area contributed by atoms with E-state index in [-0.39, 0.29) is 17.1 Å². The first-order valence-electron chi connectivity index (χ1n) is 5.02. The summed E-state index contributed by atoms with van der Waals surface area (Å²) >= 11 is 0. The van der Waals surface area contributed by atoms with Crippen LogP contribution >= 0.6 is 0 Å². The van der Waals surface area contributed by atoms with Crippen LogP contribution in [0.4, 0.5) is 23.7 Å². The number of carbonyl (C=O) groups is 1. The highest BCUT2D eigenvalue weighted by atomic mass is 19.4. The van der Waals surface area contributed by atoms with E-state index in [0.717, 1.165) is 0 Å². The van der Waals surface area contributed by atoms with Crippen molar-refractivity contribution >= 4 is 17.6 Å². The largest absolute Gasteiger partial charge is 0.409 e. The first-order chi connectivity index (χ1) is 8.83. The molecule has 2 amide bonds. The third-order valence-corrected chi connectivity index (χ3v) is 2.01. The number of nitrogens with two attached hydrogens (primary N) is 1. The quantitative estimate of drug-likeness (QED) is 0.291. The molecule has 0 saturated heterocycles. The van der Waals surface area contributed by atoms with Crippen LogP contribution in [0.15, 0.2) is 29.4 Å². The van der Waals surface area contributed by atoms with E-state index >= 15 is 0 Å². The number of oxime groups is 1. The predicted octanol–water partition coefficient (Wildman–Crippen LogP) is 1.46. The van der Waals surface area contributed by atoms with Crippen molar-refractivity contribution in [2.75, 3.05) is 11.9 Å². The Morgan fingerprint density at radius 2 is 2.00 bits per heavy atom. The SMILES string of the molecule is N/C(=N/O)c1ccccc1NC(=O)NCC(F)(F)F. The molecule has 0 aliphatic heterocycles. The van der Waals surface area contributed by atoms with E-state index < -0.39 is 18.8 Å². The number of hydrogen-bond donors (Lipinski definition) is 4.